The Kier molecular flexibility index (Phi) is 7.21. The fraction of sp³-hybridized carbons (Fsp3) is 0. The summed E-state index contributed by atoms with van der Waals surface area (Å²) in [5, 5.41) is 15.7. The first kappa shape index (κ1) is 24.6. The quantitative estimate of drug-likeness (QED) is 0.195. The molecule has 0 aliphatic carbocycles. The van der Waals surface area contributed by atoms with E-state index in [2.05, 4.69) is 30.8 Å². The van der Waals surface area contributed by atoms with Crippen molar-refractivity contribution in [3.8, 4) is 22.5 Å². The summed E-state index contributed by atoms with van der Waals surface area (Å²) in [4.78, 5) is 18.2. The molecule has 6 rings (SSSR count). The van der Waals surface area contributed by atoms with E-state index in [-0.39, 0.29) is 0 Å². The van der Waals surface area contributed by atoms with Gasteiger partial charge in [-0.25, -0.2) is 19.9 Å². The van der Waals surface area contributed by atoms with Crippen LogP contribution >= 0.6 is 0 Å². The second-order valence-electron chi connectivity index (χ2n) is 8.75. The van der Waals surface area contributed by atoms with Crippen LogP contribution in [0.15, 0.2) is 144 Å². The summed E-state index contributed by atoms with van der Waals surface area (Å²) >= 11 is 0. The van der Waals surface area contributed by atoms with Gasteiger partial charge in [0.25, 0.3) is 0 Å². The van der Waals surface area contributed by atoms with Crippen LogP contribution in [-0.2, 0) is 0 Å². The van der Waals surface area contributed by atoms with E-state index in [1.165, 1.54) is 0 Å². The molecule has 0 amide bonds. The van der Waals surface area contributed by atoms with Crippen molar-refractivity contribution in [2.75, 3.05) is 10.6 Å². The Morgan fingerprint density at radius 2 is 0.825 bits per heavy atom. The molecular weight excluding hydrogens is 496 g/mol. The topological polar surface area (TPSA) is 100 Å². The standard InChI is InChI=1S/C32H24N8/c1-3-11-23(12-4-1)35-31-33-21-19-27(37-31)25-15-7-9-17-29(25)39-40-30-18-10-8-16-26(30)28-20-22-34-32(38-28)36-24-13-5-2-6-14-24/h1-22H,(H,33,35,37)(H,34,36,38). The molecule has 8 nitrogen and oxygen atoms in total. The van der Waals surface area contributed by atoms with Crippen molar-refractivity contribution in [1.82, 2.24) is 19.9 Å². The summed E-state index contributed by atoms with van der Waals surface area (Å²) in [5.74, 6) is 1.01. The number of hydrogen-bond acceptors (Lipinski definition) is 8. The van der Waals surface area contributed by atoms with Gasteiger partial charge in [-0.3, -0.25) is 0 Å². The predicted octanol–water partition coefficient (Wildman–Crippen LogP) is 8.50. The van der Waals surface area contributed by atoms with E-state index in [1.807, 2.05) is 121 Å². The van der Waals surface area contributed by atoms with E-state index in [0.717, 1.165) is 33.9 Å². The minimum Gasteiger partial charge on any atom is -0.324 e. The highest BCUT2D eigenvalue weighted by molar-refractivity contribution is 5.76. The zero-order valence-corrected chi connectivity index (χ0v) is 21.4. The molecule has 0 saturated heterocycles. The third kappa shape index (κ3) is 5.87. The molecule has 0 fully saturated rings. The van der Waals surface area contributed by atoms with Gasteiger partial charge < -0.3 is 10.6 Å². The zero-order chi connectivity index (χ0) is 27.0. The molecule has 0 atom stereocenters. The average molecular weight is 521 g/mol. The van der Waals surface area contributed by atoms with Gasteiger partial charge >= 0.3 is 0 Å². The first-order valence-electron chi connectivity index (χ1n) is 12.7. The highest BCUT2D eigenvalue weighted by Crippen LogP contribution is 2.34. The molecule has 8 heteroatoms. The predicted molar refractivity (Wildman–Crippen MR) is 159 cm³/mol. The van der Waals surface area contributed by atoms with Crippen LogP contribution in [0.3, 0.4) is 0 Å². The normalized spacial score (nSPS) is 10.9. The molecule has 2 aromatic heterocycles. The molecular formula is C32H24N8. The molecule has 0 radical (unpaired) electrons. The largest absolute Gasteiger partial charge is 0.324 e. The summed E-state index contributed by atoms with van der Waals surface area (Å²) < 4.78 is 0. The van der Waals surface area contributed by atoms with Gasteiger partial charge in [-0.1, -0.05) is 72.8 Å². The number of nitrogens with one attached hydrogen (secondary N) is 2. The molecule has 0 aliphatic heterocycles. The number of azo groups is 1. The molecule has 0 unspecified atom stereocenters. The monoisotopic (exact) mass is 520 g/mol. The van der Waals surface area contributed by atoms with Gasteiger partial charge in [0.1, 0.15) is 0 Å². The molecule has 0 spiro atoms. The van der Waals surface area contributed by atoms with E-state index in [0.29, 0.717) is 23.3 Å². The number of nitrogens with zero attached hydrogens (tertiary/aromatic N) is 6. The minimum absolute atomic E-state index is 0.504. The van der Waals surface area contributed by atoms with Crippen LogP contribution in [-0.4, -0.2) is 19.9 Å². The molecule has 2 N–H and O–H groups in total. The van der Waals surface area contributed by atoms with E-state index in [9.17, 15) is 0 Å². The van der Waals surface area contributed by atoms with Crippen molar-refractivity contribution in [2.24, 2.45) is 10.2 Å². The summed E-state index contributed by atoms with van der Waals surface area (Å²) in [5.41, 5.74) is 6.38. The lowest BCUT2D eigenvalue weighted by molar-refractivity contribution is 1.16. The van der Waals surface area contributed by atoms with Crippen LogP contribution in [0.4, 0.5) is 34.6 Å². The molecule has 0 saturated carbocycles. The molecule has 0 bridgehead atoms. The Balaban J connectivity index is 1.28. The van der Waals surface area contributed by atoms with Crippen LogP contribution < -0.4 is 10.6 Å². The maximum atomic E-state index is 4.72. The van der Waals surface area contributed by atoms with Crippen LogP contribution in [0.1, 0.15) is 0 Å². The zero-order valence-electron chi connectivity index (χ0n) is 21.4. The lowest BCUT2D eigenvalue weighted by Gasteiger charge is -2.09. The van der Waals surface area contributed by atoms with Gasteiger partial charge in [0.15, 0.2) is 0 Å². The first-order valence-corrected chi connectivity index (χ1v) is 12.7. The summed E-state index contributed by atoms with van der Waals surface area (Å²) in [6.45, 7) is 0. The number of benzene rings is 4. The highest BCUT2D eigenvalue weighted by atomic mass is 15.1. The van der Waals surface area contributed by atoms with Crippen LogP contribution in [0.25, 0.3) is 22.5 Å². The lowest BCUT2D eigenvalue weighted by atomic mass is 10.1. The second-order valence-corrected chi connectivity index (χ2v) is 8.75. The Morgan fingerprint density at radius 1 is 0.425 bits per heavy atom. The summed E-state index contributed by atoms with van der Waals surface area (Å²) in [7, 11) is 0. The maximum absolute atomic E-state index is 4.72. The first-order chi connectivity index (χ1) is 19.8. The third-order valence-electron chi connectivity index (χ3n) is 6.00. The minimum atomic E-state index is 0.504. The fourth-order valence-electron chi connectivity index (χ4n) is 4.10. The third-order valence-corrected chi connectivity index (χ3v) is 6.00. The Morgan fingerprint density at radius 3 is 1.27 bits per heavy atom. The second kappa shape index (κ2) is 11.7. The van der Waals surface area contributed by atoms with Gasteiger partial charge in [-0.15, -0.1) is 10.2 Å². The van der Waals surface area contributed by atoms with Crippen molar-refractivity contribution in [3.63, 3.8) is 0 Å². The van der Waals surface area contributed by atoms with Crippen molar-refractivity contribution < 1.29 is 0 Å². The van der Waals surface area contributed by atoms with E-state index in [1.54, 1.807) is 12.4 Å². The van der Waals surface area contributed by atoms with Gasteiger partial charge in [0, 0.05) is 34.9 Å². The molecule has 192 valence electrons. The van der Waals surface area contributed by atoms with Crippen molar-refractivity contribution in [3.05, 3.63) is 134 Å². The SMILES string of the molecule is c1ccc(Nc2nccc(-c3ccccc3N=Nc3ccccc3-c3ccnc(Nc4ccccc4)n3)n2)cc1. The Bertz CT molecular complexity index is 1620. The van der Waals surface area contributed by atoms with Gasteiger partial charge in [0.05, 0.1) is 22.8 Å². The number of anilines is 4. The van der Waals surface area contributed by atoms with E-state index >= 15 is 0 Å². The lowest BCUT2D eigenvalue weighted by Crippen LogP contribution is -1.97. The molecule has 4 aromatic carbocycles. The summed E-state index contributed by atoms with van der Waals surface area (Å²) in [6.07, 6.45) is 3.46. The van der Waals surface area contributed by atoms with Crippen molar-refractivity contribution >= 4 is 34.6 Å². The number of aromatic nitrogens is 4. The van der Waals surface area contributed by atoms with Gasteiger partial charge in [0.2, 0.25) is 11.9 Å². The highest BCUT2D eigenvalue weighted by Gasteiger charge is 2.10. The smallest absolute Gasteiger partial charge is 0.227 e. The van der Waals surface area contributed by atoms with Crippen molar-refractivity contribution in [1.29, 1.82) is 0 Å². The summed E-state index contributed by atoms with van der Waals surface area (Å²) in [6, 6.07) is 38.9. The molecule has 0 aliphatic rings. The van der Waals surface area contributed by atoms with Crippen LogP contribution in [0.5, 0.6) is 0 Å². The van der Waals surface area contributed by atoms with E-state index < -0.39 is 0 Å². The fourth-order valence-corrected chi connectivity index (χ4v) is 4.10. The average Bonchev–Trinajstić information content (AvgIpc) is 3.02. The Hall–Kier alpha value is -5.76. The van der Waals surface area contributed by atoms with Crippen molar-refractivity contribution in [2.45, 2.75) is 0 Å². The van der Waals surface area contributed by atoms with Crippen LogP contribution in [0, 0.1) is 0 Å². The number of para-hydroxylation sites is 2. The van der Waals surface area contributed by atoms with E-state index in [4.69, 9.17) is 9.97 Å². The molecule has 6 aromatic rings. The van der Waals surface area contributed by atoms with Gasteiger partial charge in [-0.2, -0.15) is 0 Å². The molecule has 40 heavy (non-hydrogen) atoms. The number of hydrogen-bond donors (Lipinski definition) is 2. The van der Waals surface area contributed by atoms with Crippen LogP contribution in [0.2, 0.25) is 0 Å². The number of rotatable bonds is 8. The van der Waals surface area contributed by atoms with Gasteiger partial charge in [-0.05, 0) is 48.5 Å². The molecule has 2 heterocycles. The Labute approximate surface area is 231 Å². The maximum Gasteiger partial charge on any atom is 0.227 e.